The predicted octanol–water partition coefficient (Wildman–Crippen LogP) is 3.05. The third kappa shape index (κ3) is 4.21. The van der Waals surface area contributed by atoms with Crippen LogP contribution < -0.4 is 5.32 Å². The molecule has 1 aromatic heterocycles. The molecule has 3 nitrogen and oxygen atoms in total. The van der Waals surface area contributed by atoms with Crippen molar-refractivity contribution in [3.63, 3.8) is 0 Å². The highest BCUT2D eigenvalue weighted by Crippen LogP contribution is 2.11. The van der Waals surface area contributed by atoms with E-state index in [2.05, 4.69) is 42.5 Å². The number of nitrogens with zero attached hydrogens (tertiary/aromatic N) is 2. The second kappa shape index (κ2) is 7.10. The summed E-state index contributed by atoms with van der Waals surface area (Å²) in [6.07, 6.45) is 4.08. The van der Waals surface area contributed by atoms with Crippen LogP contribution in [0, 0.1) is 5.92 Å². The van der Waals surface area contributed by atoms with Crippen molar-refractivity contribution in [3.05, 3.63) is 48.3 Å². The number of benzene rings is 1. The zero-order valence-electron chi connectivity index (χ0n) is 11.8. The lowest BCUT2D eigenvalue weighted by Gasteiger charge is -2.09. The summed E-state index contributed by atoms with van der Waals surface area (Å²) in [5.41, 5.74) is 2.41. The van der Waals surface area contributed by atoms with E-state index in [0.29, 0.717) is 0 Å². The van der Waals surface area contributed by atoms with Gasteiger partial charge in [-0.15, -0.1) is 0 Å². The molecule has 1 aromatic carbocycles. The van der Waals surface area contributed by atoms with Crippen LogP contribution >= 0.6 is 0 Å². The Labute approximate surface area is 115 Å². The molecule has 0 saturated carbocycles. The number of aromatic nitrogens is 2. The van der Waals surface area contributed by atoms with Crippen molar-refractivity contribution in [2.24, 2.45) is 5.92 Å². The van der Waals surface area contributed by atoms with Crippen LogP contribution in [0.25, 0.3) is 5.69 Å². The lowest BCUT2D eigenvalue weighted by Crippen LogP contribution is -2.21. The molecule has 19 heavy (non-hydrogen) atoms. The van der Waals surface area contributed by atoms with Gasteiger partial charge in [0, 0.05) is 11.9 Å². The average Bonchev–Trinajstić information content (AvgIpc) is 2.87. The smallest absolute Gasteiger partial charge is 0.0648 e. The fraction of sp³-hybridized carbons (Fsp3) is 0.438. The molecule has 0 aliphatic carbocycles. The van der Waals surface area contributed by atoms with Crippen molar-refractivity contribution < 1.29 is 0 Å². The van der Waals surface area contributed by atoms with E-state index >= 15 is 0 Å². The van der Waals surface area contributed by atoms with Crippen LogP contribution in [0.1, 0.15) is 26.0 Å². The monoisotopic (exact) mass is 257 g/mol. The van der Waals surface area contributed by atoms with E-state index in [1.165, 1.54) is 5.69 Å². The third-order valence-corrected chi connectivity index (χ3v) is 3.06. The molecular formula is C16H23N3. The highest BCUT2D eigenvalue weighted by Gasteiger charge is 2.04. The Hall–Kier alpha value is -1.61. The molecule has 0 aliphatic heterocycles. The first kappa shape index (κ1) is 13.8. The number of hydrogen-bond donors (Lipinski definition) is 1. The van der Waals surface area contributed by atoms with E-state index in [-0.39, 0.29) is 0 Å². The fourth-order valence-electron chi connectivity index (χ4n) is 2.11. The summed E-state index contributed by atoms with van der Waals surface area (Å²) in [6, 6.07) is 12.4. The molecule has 3 heteroatoms. The van der Waals surface area contributed by atoms with Crippen LogP contribution in [0.5, 0.6) is 0 Å². The zero-order chi connectivity index (χ0) is 13.5. The maximum Gasteiger partial charge on any atom is 0.0648 e. The van der Waals surface area contributed by atoms with Crippen molar-refractivity contribution in [2.45, 2.75) is 26.7 Å². The summed E-state index contributed by atoms with van der Waals surface area (Å²) in [5, 5.41) is 7.89. The topological polar surface area (TPSA) is 29.9 Å². The Kier molecular flexibility index (Phi) is 5.16. The van der Waals surface area contributed by atoms with Gasteiger partial charge in [-0.05, 0) is 50.0 Å². The van der Waals surface area contributed by atoms with E-state index in [4.69, 9.17) is 0 Å². The molecular weight excluding hydrogens is 234 g/mol. The van der Waals surface area contributed by atoms with Gasteiger partial charge in [0.05, 0.1) is 5.69 Å². The Morgan fingerprint density at radius 3 is 2.68 bits per heavy atom. The molecule has 0 spiro atoms. The molecule has 0 radical (unpaired) electrons. The lowest BCUT2D eigenvalue weighted by molar-refractivity contribution is 0.540. The minimum absolute atomic E-state index is 0.717. The van der Waals surface area contributed by atoms with Crippen LogP contribution in [-0.2, 0) is 6.42 Å². The SMILES string of the molecule is CC(C)CNCCCc1ccnn1-c1ccccc1. The molecule has 1 heterocycles. The van der Waals surface area contributed by atoms with Gasteiger partial charge in [0.2, 0.25) is 0 Å². The van der Waals surface area contributed by atoms with Gasteiger partial charge in [-0.3, -0.25) is 0 Å². The summed E-state index contributed by atoms with van der Waals surface area (Å²) in [4.78, 5) is 0. The Bertz CT molecular complexity index is 474. The summed E-state index contributed by atoms with van der Waals surface area (Å²) < 4.78 is 2.03. The first-order valence-electron chi connectivity index (χ1n) is 7.06. The molecule has 0 unspecified atom stereocenters. The van der Waals surface area contributed by atoms with Crippen LogP contribution in [0.15, 0.2) is 42.6 Å². The van der Waals surface area contributed by atoms with Crippen LogP contribution in [0.3, 0.4) is 0 Å². The van der Waals surface area contributed by atoms with Gasteiger partial charge in [-0.1, -0.05) is 32.0 Å². The largest absolute Gasteiger partial charge is 0.316 e. The average molecular weight is 257 g/mol. The van der Waals surface area contributed by atoms with Gasteiger partial charge in [0.1, 0.15) is 0 Å². The number of hydrogen-bond acceptors (Lipinski definition) is 2. The second-order valence-electron chi connectivity index (χ2n) is 5.27. The van der Waals surface area contributed by atoms with Crippen LogP contribution in [0.4, 0.5) is 0 Å². The van der Waals surface area contributed by atoms with Gasteiger partial charge in [-0.25, -0.2) is 4.68 Å². The fourth-order valence-corrected chi connectivity index (χ4v) is 2.11. The maximum atomic E-state index is 4.41. The molecule has 2 aromatic rings. The summed E-state index contributed by atoms with van der Waals surface area (Å²) in [6.45, 7) is 6.63. The van der Waals surface area contributed by atoms with Crippen molar-refractivity contribution >= 4 is 0 Å². The third-order valence-electron chi connectivity index (χ3n) is 3.06. The number of aryl methyl sites for hydroxylation is 1. The Morgan fingerprint density at radius 2 is 1.95 bits per heavy atom. The van der Waals surface area contributed by atoms with Gasteiger partial charge < -0.3 is 5.32 Å². The lowest BCUT2D eigenvalue weighted by atomic mass is 10.2. The number of para-hydroxylation sites is 1. The molecule has 2 rings (SSSR count). The van der Waals surface area contributed by atoms with Crippen molar-refractivity contribution in [2.75, 3.05) is 13.1 Å². The number of rotatable bonds is 7. The van der Waals surface area contributed by atoms with E-state index in [0.717, 1.165) is 37.5 Å². The van der Waals surface area contributed by atoms with Gasteiger partial charge in [0.15, 0.2) is 0 Å². The number of nitrogens with one attached hydrogen (secondary N) is 1. The van der Waals surface area contributed by atoms with Crippen molar-refractivity contribution in [1.29, 1.82) is 0 Å². The summed E-state index contributed by atoms with van der Waals surface area (Å²) in [7, 11) is 0. The van der Waals surface area contributed by atoms with Crippen molar-refractivity contribution in [1.82, 2.24) is 15.1 Å². The minimum atomic E-state index is 0.717. The van der Waals surface area contributed by atoms with Gasteiger partial charge >= 0.3 is 0 Å². The molecule has 1 N–H and O–H groups in total. The quantitative estimate of drug-likeness (QED) is 0.773. The molecule has 0 saturated heterocycles. The Balaban J connectivity index is 1.87. The molecule has 0 aliphatic rings. The van der Waals surface area contributed by atoms with Gasteiger partial charge in [0.25, 0.3) is 0 Å². The molecule has 0 fully saturated rings. The summed E-state index contributed by atoms with van der Waals surface area (Å²) in [5.74, 6) is 0.717. The molecule has 102 valence electrons. The Morgan fingerprint density at radius 1 is 1.16 bits per heavy atom. The summed E-state index contributed by atoms with van der Waals surface area (Å²) >= 11 is 0. The molecule has 0 amide bonds. The highest BCUT2D eigenvalue weighted by molar-refractivity contribution is 5.32. The highest BCUT2D eigenvalue weighted by atomic mass is 15.3. The normalized spacial score (nSPS) is 11.1. The van der Waals surface area contributed by atoms with E-state index in [1.807, 2.05) is 29.1 Å². The minimum Gasteiger partial charge on any atom is -0.316 e. The van der Waals surface area contributed by atoms with Crippen molar-refractivity contribution in [3.8, 4) is 5.69 Å². The van der Waals surface area contributed by atoms with E-state index in [9.17, 15) is 0 Å². The first-order valence-corrected chi connectivity index (χ1v) is 7.06. The predicted molar refractivity (Wildman–Crippen MR) is 79.6 cm³/mol. The van der Waals surface area contributed by atoms with Crippen LogP contribution in [-0.4, -0.2) is 22.9 Å². The molecule has 0 atom stereocenters. The van der Waals surface area contributed by atoms with Crippen LogP contribution in [0.2, 0.25) is 0 Å². The van der Waals surface area contributed by atoms with E-state index < -0.39 is 0 Å². The zero-order valence-corrected chi connectivity index (χ0v) is 11.8. The van der Waals surface area contributed by atoms with Gasteiger partial charge in [-0.2, -0.15) is 5.10 Å². The standard InChI is InChI=1S/C16H23N3/c1-14(2)13-17-11-6-9-16-10-12-18-19(16)15-7-4-3-5-8-15/h3-5,7-8,10,12,14,17H,6,9,11,13H2,1-2H3. The maximum absolute atomic E-state index is 4.41. The molecule has 0 bridgehead atoms. The van der Waals surface area contributed by atoms with E-state index in [1.54, 1.807) is 0 Å². The first-order chi connectivity index (χ1) is 9.27. The second-order valence-corrected chi connectivity index (χ2v) is 5.27.